The summed E-state index contributed by atoms with van der Waals surface area (Å²) in [5, 5.41) is 6.14. The molecule has 0 heterocycles. The largest absolute Gasteiger partial charge is 0.445 e. The lowest BCUT2D eigenvalue weighted by molar-refractivity contribution is -0.144. The number of carbonyl (C=O) groups is 8. The van der Waals surface area contributed by atoms with Gasteiger partial charge in [-0.25, -0.2) is 28.4 Å². The fraction of sp³-hybridized carbons (Fsp3) is 0.512. The molecule has 0 saturated heterocycles. The molecule has 3 rings (SSSR count). The van der Waals surface area contributed by atoms with E-state index in [0.717, 1.165) is 43.2 Å². The van der Waals surface area contributed by atoms with Gasteiger partial charge in [-0.3, -0.25) is 39.6 Å². The number of nitrogens with two attached hydrogens (primary N) is 2. The predicted molar refractivity (Wildman–Crippen MR) is 227 cm³/mol. The normalized spacial score (nSPS) is 14.2. The molecule has 1 aliphatic rings. The van der Waals surface area contributed by atoms with Crippen LogP contribution in [0.4, 0.5) is 18.4 Å². The quantitative estimate of drug-likeness (QED) is 0.0818. The Bertz CT molecular complexity index is 1790. The van der Waals surface area contributed by atoms with Gasteiger partial charge in [-0.1, -0.05) is 130 Å². The summed E-state index contributed by atoms with van der Waals surface area (Å²) >= 11 is 10.4. The molecule has 2 aromatic rings. The number of hydrogen-bond acceptors (Lipinski definition) is 10. The van der Waals surface area contributed by atoms with Gasteiger partial charge in [0.1, 0.15) is 25.3 Å². The molecule has 4 atom stereocenters. The van der Waals surface area contributed by atoms with Crippen molar-refractivity contribution < 1.29 is 56.6 Å². The van der Waals surface area contributed by atoms with Crippen molar-refractivity contribution in [3.05, 3.63) is 71.8 Å². The van der Waals surface area contributed by atoms with E-state index in [1.165, 1.54) is 0 Å². The number of carbonyl (C=O) groups excluding carboxylic acids is 8. The summed E-state index contributed by atoms with van der Waals surface area (Å²) in [6.07, 6.45) is 3.24. The first-order valence-electron chi connectivity index (χ1n) is 20.2. The number of alkyl halides is 4. The third kappa shape index (κ3) is 22.2. The van der Waals surface area contributed by atoms with Gasteiger partial charge in [0, 0.05) is 12.8 Å². The van der Waals surface area contributed by atoms with Gasteiger partial charge in [-0.15, -0.1) is 0 Å². The lowest BCUT2D eigenvalue weighted by atomic mass is 9.84. The lowest BCUT2D eigenvalue weighted by Gasteiger charge is -2.29. The molecular formula is C41H56Cl2F2N8O10. The maximum atomic E-state index is 13.4. The molecule has 8 N–H and O–H groups in total. The van der Waals surface area contributed by atoms with Gasteiger partial charge in [0.2, 0.25) is 11.8 Å². The summed E-state index contributed by atoms with van der Waals surface area (Å²) in [7, 11) is 0. The number of amides is 8. The second-order valence-corrected chi connectivity index (χ2v) is 15.6. The number of primary amides is 2. The third-order valence-electron chi connectivity index (χ3n) is 9.20. The number of nitrogens with zero attached hydrogens (tertiary/aromatic N) is 2. The van der Waals surface area contributed by atoms with Crippen molar-refractivity contribution in [3.8, 4) is 0 Å². The van der Waals surface area contributed by atoms with E-state index in [1.54, 1.807) is 36.4 Å². The van der Waals surface area contributed by atoms with E-state index in [-0.39, 0.29) is 57.4 Å². The molecule has 0 spiro atoms. The van der Waals surface area contributed by atoms with Crippen LogP contribution in [0.2, 0.25) is 0 Å². The topological polar surface area (TPSA) is 262 Å². The van der Waals surface area contributed by atoms with Gasteiger partial charge in [0.05, 0.1) is 13.1 Å². The zero-order valence-corrected chi connectivity index (χ0v) is 36.6. The van der Waals surface area contributed by atoms with Crippen molar-refractivity contribution in [2.45, 2.75) is 108 Å². The number of ether oxygens (including phenoxy) is 2. The monoisotopic (exact) mass is 928 g/mol. The van der Waals surface area contributed by atoms with Crippen LogP contribution in [0.25, 0.3) is 0 Å². The molecule has 0 aromatic heterocycles. The van der Waals surface area contributed by atoms with Crippen molar-refractivity contribution >= 4 is 70.8 Å². The van der Waals surface area contributed by atoms with Crippen molar-refractivity contribution in [2.24, 2.45) is 23.3 Å². The standard InChI is InChI=1S/C22H30ClFN4O5.C19H26ClFN4O5/c23-19(24)21(31)28(12-11-18(25)29)27-20(30)17(13-15-7-3-1-4-8-15)26-22(32)33-14-16-9-5-2-6-10-16;1-12(2)10-14(23-19(29)30-11-13-6-4-3-5-7-13)17(27)24-25(9-8-15(22)26)18(28)16(20)21/h2,5-6,9-10,15,17,19H,1,3-4,7-8,11-14H2,(H2,25,29)(H,26,32)(H,27,30);3-7,12,14,16H,8-11H2,1-2H3,(H2,22,26)(H,23,29)(H,24,27)/t17?,19-;/m0./s1. The van der Waals surface area contributed by atoms with Crippen LogP contribution >= 0.6 is 23.2 Å². The number of rotatable bonds is 20. The smallest absolute Gasteiger partial charge is 0.408 e. The molecule has 0 radical (unpaired) electrons. The molecular weight excluding hydrogens is 873 g/mol. The minimum absolute atomic E-state index is 0.00168. The highest BCUT2D eigenvalue weighted by atomic mass is 35.5. The molecule has 2 aromatic carbocycles. The summed E-state index contributed by atoms with van der Waals surface area (Å²) < 4.78 is 36.9. The summed E-state index contributed by atoms with van der Waals surface area (Å²) in [6.45, 7) is 2.93. The summed E-state index contributed by atoms with van der Waals surface area (Å²) in [5.74, 6) is -5.35. The number of hydrazine groups is 2. The van der Waals surface area contributed by atoms with Crippen LogP contribution in [0.1, 0.15) is 82.8 Å². The van der Waals surface area contributed by atoms with Crippen LogP contribution < -0.4 is 33.0 Å². The van der Waals surface area contributed by atoms with Gasteiger partial charge in [0.15, 0.2) is 0 Å². The van der Waals surface area contributed by atoms with E-state index in [2.05, 4.69) is 21.5 Å². The van der Waals surface area contributed by atoms with E-state index < -0.39 is 71.0 Å². The average molecular weight is 930 g/mol. The minimum Gasteiger partial charge on any atom is -0.445 e. The van der Waals surface area contributed by atoms with Gasteiger partial charge in [0.25, 0.3) is 34.9 Å². The Morgan fingerprint density at radius 3 is 1.44 bits per heavy atom. The molecule has 0 bridgehead atoms. The van der Waals surface area contributed by atoms with Crippen molar-refractivity contribution in [1.82, 2.24) is 31.5 Å². The summed E-state index contributed by atoms with van der Waals surface area (Å²) in [5.41, 5.74) is 11.3. The number of halogens is 4. The molecule has 8 amide bonds. The first-order chi connectivity index (χ1) is 29.9. The Labute approximate surface area is 374 Å². The minimum atomic E-state index is -2.43. The van der Waals surface area contributed by atoms with Crippen LogP contribution in [-0.2, 0) is 51.5 Å². The third-order valence-corrected chi connectivity index (χ3v) is 9.58. The Balaban J connectivity index is 0.000000436. The molecule has 1 fully saturated rings. The Morgan fingerprint density at radius 1 is 0.667 bits per heavy atom. The molecule has 1 aliphatic carbocycles. The van der Waals surface area contributed by atoms with Gasteiger partial charge in [-0.05, 0) is 35.8 Å². The number of hydrogen-bond donors (Lipinski definition) is 6. The van der Waals surface area contributed by atoms with Crippen LogP contribution in [0, 0.1) is 11.8 Å². The number of benzene rings is 2. The second-order valence-electron chi connectivity index (χ2n) is 14.9. The highest BCUT2D eigenvalue weighted by molar-refractivity contribution is 6.29. The zero-order chi connectivity index (χ0) is 46.9. The van der Waals surface area contributed by atoms with Crippen LogP contribution in [0.5, 0.6) is 0 Å². The second kappa shape index (κ2) is 28.8. The number of alkyl carbamates (subject to hydrolysis) is 2. The zero-order valence-electron chi connectivity index (χ0n) is 35.1. The Morgan fingerprint density at radius 2 is 1.06 bits per heavy atom. The first kappa shape index (κ1) is 53.4. The van der Waals surface area contributed by atoms with Crippen LogP contribution in [0.15, 0.2) is 60.7 Å². The molecule has 3 unspecified atom stereocenters. The van der Waals surface area contributed by atoms with E-state index >= 15 is 0 Å². The molecule has 0 aliphatic heterocycles. The Hall–Kier alpha value is -5.76. The molecule has 18 nitrogen and oxygen atoms in total. The van der Waals surface area contributed by atoms with E-state index in [0.29, 0.717) is 16.4 Å². The fourth-order valence-electron chi connectivity index (χ4n) is 6.05. The van der Waals surface area contributed by atoms with Crippen LogP contribution in [-0.4, -0.2) is 94.1 Å². The highest BCUT2D eigenvalue weighted by Gasteiger charge is 2.31. The SMILES string of the molecule is CC(C)CC(NC(=O)OCc1ccccc1)C(=O)NN(CCC(N)=O)C(=O)C(F)Cl.NC(=O)CCN(NC(=O)C(CC1CCCCC1)NC(=O)OCc1ccccc1)C(=O)[C@H](F)Cl. The maximum Gasteiger partial charge on any atom is 0.408 e. The van der Waals surface area contributed by atoms with Crippen molar-refractivity contribution in [2.75, 3.05) is 13.1 Å². The van der Waals surface area contributed by atoms with E-state index in [1.807, 2.05) is 38.1 Å². The first-order valence-corrected chi connectivity index (χ1v) is 21.0. The number of nitrogens with one attached hydrogen (secondary N) is 4. The highest BCUT2D eigenvalue weighted by Crippen LogP contribution is 2.27. The maximum absolute atomic E-state index is 13.4. The predicted octanol–water partition coefficient (Wildman–Crippen LogP) is 4.12. The van der Waals surface area contributed by atoms with Gasteiger partial charge < -0.3 is 31.6 Å². The van der Waals surface area contributed by atoms with Gasteiger partial charge >= 0.3 is 12.2 Å². The van der Waals surface area contributed by atoms with E-state index in [4.69, 9.17) is 44.1 Å². The average Bonchev–Trinajstić information content (AvgIpc) is 3.24. The molecule has 1 saturated carbocycles. The van der Waals surface area contributed by atoms with Crippen molar-refractivity contribution in [1.29, 1.82) is 0 Å². The van der Waals surface area contributed by atoms with Gasteiger partial charge in [-0.2, -0.15) is 0 Å². The Kier molecular flexibility index (Phi) is 24.4. The lowest BCUT2D eigenvalue weighted by Crippen LogP contribution is -2.56. The molecule has 348 valence electrons. The summed E-state index contributed by atoms with van der Waals surface area (Å²) in [6, 6.07) is 15.9. The van der Waals surface area contributed by atoms with Crippen molar-refractivity contribution in [3.63, 3.8) is 0 Å². The van der Waals surface area contributed by atoms with Crippen LogP contribution in [0.3, 0.4) is 0 Å². The summed E-state index contributed by atoms with van der Waals surface area (Å²) in [4.78, 5) is 96.0. The fourth-order valence-corrected chi connectivity index (χ4v) is 6.28. The van der Waals surface area contributed by atoms with E-state index in [9.17, 15) is 47.1 Å². The molecule has 22 heteroatoms. The molecule has 63 heavy (non-hydrogen) atoms.